The number of ether oxygens (including phenoxy) is 1. The quantitative estimate of drug-likeness (QED) is 0.693. The molecule has 3 heteroatoms. The van der Waals surface area contributed by atoms with E-state index in [9.17, 15) is 5.11 Å². The third kappa shape index (κ3) is 4.35. The molecule has 1 aliphatic heterocycles. The monoisotopic (exact) mass is 353 g/mol. The Morgan fingerprint density at radius 1 is 1.08 bits per heavy atom. The topological polar surface area (TPSA) is 41.5 Å². The van der Waals surface area contributed by atoms with Gasteiger partial charge in [-0.1, -0.05) is 54.6 Å². The molecular weight excluding hydrogens is 322 g/mol. The van der Waals surface area contributed by atoms with Gasteiger partial charge in [0, 0.05) is 26.2 Å². The predicted octanol–water partition coefficient (Wildman–Crippen LogP) is 4.36. The second-order valence-electron chi connectivity index (χ2n) is 7.33. The lowest BCUT2D eigenvalue weighted by Gasteiger charge is -2.40. The molecule has 0 bridgehead atoms. The number of piperidine rings is 1. The molecule has 1 heterocycles. The number of methoxy groups -OCH3 is 1. The Balaban J connectivity index is 1.96. The van der Waals surface area contributed by atoms with Gasteiger partial charge in [-0.2, -0.15) is 0 Å². The van der Waals surface area contributed by atoms with E-state index in [0.29, 0.717) is 0 Å². The molecule has 0 saturated carbocycles. The highest BCUT2D eigenvalue weighted by Gasteiger charge is 2.39. The first-order valence-electron chi connectivity index (χ1n) is 9.82. The molecule has 0 unspecified atom stereocenters. The zero-order chi connectivity index (χ0) is 18.2. The number of aliphatic hydroxyl groups is 1. The van der Waals surface area contributed by atoms with Crippen LogP contribution in [-0.4, -0.2) is 31.9 Å². The molecule has 2 N–H and O–H groups in total. The molecule has 1 fully saturated rings. The Morgan fingerprint density at radius 3 is 2.58 bits per heavy atom. The van der Waals surface area contributed by atoms with E-state index in [1.54, 1.807) is 7.11 Å². The van der Waals surface area contributed by atoms with E-state index in [0.717, 1.165) is 62.9 Å². The van der Waals surface area contributed by atoms with Crippen LogP contribution in [0.4, 0.5) is 0 Å². The summed E-state index contributed by atoms with van der Waals surface area (Å²) in [6.07, 6.45) is 4.90. The van der Waals surface area contributed by atoms with Crippen molar-refractivity contribution in [2.24, 2.45) is 5.92 Å². The lowest BCUT2D eigenvalue weighted by Crippen LogP contribution is -2.44. The molecule has 1 aliphatic rings. The summed E-state index contributed by atoms with van der Waals surface area (Å²) < 4.78 is 5.21. The summed E-state index contributed by atoms with van der Waals surface area (Å²) in [4.78, 5) is 0. The second-order valence-corrected chi connectivity index (χ2v) is 7.33. The van der Waals surface area contributed by atoms with Gasteiger partial charge < -0.3 is 15.2 Å². The van der Waals surface area contributed by atoms with Gasteiger partial charge in [-0.15, -0.1) is 0 Å². The minimum Gasteiger partial charge on any atom is -0.385 e. The number of rotatable bonds is 8. The van der Waals surface area contributed by atoms with Crippen LogP contribution in [0, 0.1) is 5.92 Å². The van der Waals surface area contributed by atoms with E-state index in [1.165, 1.54) is 5.56 Å². The van der Waals surface area contributed by atoms with Gasteiger partial charge in [0.25, 0.3) is 0 Å². The number of benzene rings is 2. The maximum atomic E-state index is 12.0. The molecule has 0 aliphatic carbocycles. The molecule has 0 aromatic heterocycles. The molecule has 0 spiro atoms. The number of hydrogen-bond acceptors (Lipinski definition) is 3. The Bertz CT molecular complexity index is 667. The average Bonchev–Trinajstić information content (AvgIpc) is 2.72. The smallest absolute Gasteiger partial charge is 0.0942 e. The zero-order valence-corrected chi connectivity index (χ0v) is 15.8. The number of hydrogen-bond donors (Lipinski definition) is 2. The average molecular weight is 354 g/mol. The second kappa shape index (κ2) is 9.31. The van der Waals surface area contributed by atoms with E-state index in [1.807, 2.05) is 6.07 Å². The molecule has 0 radical (unpaired) electrons. The maximum Gasteiger partial charge on any atom is 0.0942 e. The molecule has 3 nitrogen and oxygen atoms in total. The van der Waals surface area contributed by atoms with Crippen molar-refractivity contribution in [1.29, 1.82) is 0 Å². The van der Waals surface area contributed by atoms with Crippen molar-refractivity contribution < 1.29 is 9.84 Å². The molecule has 2 aromatic carbocycles. The Hall–Kier alpha value is -1.68. The van der Waals surface area contributed by atoms with Gasteiger partial charge in [0.1, 0.15) is 0 Å². The van der Waals surface area contributed by atoms with Gasteiger partial charge in [0.15, 0.2) is 0 Å². The molecule has 3 rings (SSSR count). The fourth-order valence-electron chi connectivity index (χ4n) is 4.19. The summed E-state index contributed by atoms with van der Waals surface area (Å²) in [7, 11) is 1.74. The highest BCUT2D eigenvalue weighted by molar-refractivity contribution is 5.68. The van der Waals surface area contributed by atoms with Crippen LogP contribution < -0.4 is 5.32 Å². The molecular formula is C23H31NO2. The summed E-state index contributed by atoms with van der Waals surface area (Å²) >= 11 is 0. The van der Waals surface area contributed by atoms with Crippen molar-refractivity contribution in [1.82, 2.24) is 5.32 Å². The highest BCUT2D eigenvalue weighted by atomic mass is 16.5. The van der Waals surface area contributed by atoms with Crippen LogP contribution >= 0.6 is 0 Å². The van der Waals surface area contributed by atoms with Gasteiger partial charge >= 0.3 is 0 Å². The van der Waals surface area contributed by atoms with E-state index < -0.39 is 5.60 Å². The fourth-order valence-corrected chi connectivity index (χ4v) is 4.19. The van der Waals surface area contributed by atoms with Gasteiger partial charge in [-0.25, -0.2) is 0 Å². The van der Waals surface area contributed by atoms with E-state index in [2.05, 4.69) is 53.8 Å². The van der Waals surface area contributed by atoms with Crippen LogP contribution in [0.1, 0.15) is 37.7 Å². The summed E-state index contributed by atoms with van der Waals surface area (Å²) in [6.45, 7) is 2.68. The predicted molar refractivity (Wildman–Crippen MR) is 107 cm³/mol. The molecule has 2 aromatic rings. The lowest BCUT2D eigenvalue weighted by molar-refractivity contribution is -0.0429. The van der Waals surface area contributed by atoms with Crippen LogP contribution in [-0.2, 0) is 10.3 Å². The van der Waals surface area contributed by atoms with Crippen LogP contribution in [0.5, 0.6) is 0 Å². The van der Waals surface area contributed by atoms with Crippen LogP contribution in [0.15, 0.2) is 54.6 Å². The van der Waals surface area contributed by atoms with Gasteiger partial charge in [-0.05, 0) is 55.3 Å². The number of unbranched alkanes of at least 4 members (excludes halogenated alkanes) is 1. The maximum absolute atomic E-state index is 12.0. The summed E-state index contributed by atoms with van der Waals surface area (Å²) in [5.41, 5.74) is 2.57. The molecule has 140 valence electrons. The van der Waals surface area contributed by atoms with Crippen molar-refractivity contribution in [2.75, 3.05) is 26.8 Å². The molecule has 26 heavy (non-hydrogen) atoms. The minimum absolute atomic E-state index is 0.239. The van der Waals surface area contributed by atoms with Crippen molar-refractivity contribution in [2.45, 2.75) is 37.7 Å². The SMILES string of the molecule is COCCCC[C@@](O)(c1ccccc1-c1ccccc1)[C@@H]1CCCNC1. The van der Waals surface area contributed by atoms with Crippen LogP contribution in [0.2, 0.25) is 0 Å². The number of nitrogens with one attached hydrogen (secondary N) is 1. The van der Waals surface area contributed by atoms with Gasteiger partial charge in [0.2, 0.25) is 0 Å². The first-order chi connectivity index (χ1) is 12.8. The molecule has 1 saturated heterocycles. The Kier molecular flexibility index (Phi) is 6.84. The van der Waals surface area contributed by atoms with Crippen molar-refractivity contribution >= 4 is 0 Å². The minimum atomic E-state index is -0.812. The third-order valence-corrected chi connectivity index (χ3v) is 5.61. The summed E-state index contributed by atoms with van der Waals surface area (Å²) in [6, 6.07) is 18.8. The van der Waals surface area contributed by atoms with E-state index in [-0.39, 0.29) is 5.92 Å². The molecule has 2 atom stereocenters. The Morgan fingerprint density at radius 2 is 1.85 bits per heavy atom. The lowest BCUT2D eigenvalue weighted by atomic mass is 9.72. The van der Waals surface area contributed by atoms with E-state index in [4.69, 9.17) is 4.74 Å². The highest BCUT2D eigenvalue weighted by Crippen LogP contribution is 2.42. The fraction of sp³-hybridized carbons (Fsp3) is 0.478. The van der Waals surface area contributed by atoms with Crippen molar-refractivity contribution in [3.63, 3.8) is 0 Å². The third-order valence-electron chi connectivity index (χ3n) is 5.61. The standard InChI is InChI=1S/C23H31NO2/c1-26-17-8-7-15-23(25,20-12-9-16-24-18-20)22-14-6-5-13-21(22)19-10-3-2-4-11-19/h2-6,10-11,13-14,20,24-25H,7-9,12,15-18H2,1H3/t20-,23+/m1/s1. The van der Waals surface area contributed by atoms with Gasteiger partial charge in [0.05, 0.1) is 5.60 Å². The largest absolute Gasteiger partial charge is 0.385 e. The van der Waals surface area contributed by atoms with Crippen molar-refractivity contribution in [3.8, 4) is 11.1 Å². The first kappa shape index (κ1) is 19.1. The van der Waals surface area contributed by atoms with Gasteiger partial charge in [-0.3, -0.25) is 0 Å². The summed E-state index contributed by atoms with van der Waals surface area (Å²) in [5.74, 6) is 0.239. The molecule has 0 amide bonds. The van der Waals surface area contributed by atoms with E-state index >= 15 is 0 Å². The van der Waals surface area contributed by atoms with Crippen molar-refractivity contribution in [3.05, 3.63) is 60.2 Å². The summed E-state index contributed by atoms with van der Waals surface area (Å²) in [5, 5.41) is 15.5. The van der Waals surface area contributed by atoms with Crippen LogP contribution in [0.3, 0.4) is 0 Å². The first-order valence-corrected chi connectivity index (χ1v) is 9.82. The normalized spacial score (nSPS) is 19.8. The zero-order valence-electron chi connectivity index (χ0n) is 15.8. The van der Waals surface area contributed by atoms with Crippen LogP contribution in [0.25, 0.3) is 11.1 Å². The Labute approximate surface area is 157 Å².